The molecule has 1 amide bonds. The first kappa shape index (κ1) is 16.0. The van der Waals surface area contributed by atoms with Crippen LogP contribution in [0.4, 0.5) is 15.8 Å². The molecule has 130 valence electrons. The van der Waals surface area contributed by atoms with Gasteiger partial charge in [-0.3, -0.25) is 14.9 Å². The van der Waals surface area contributed by atoms with E-state index < -0.39 is 10.7 Å². The van der Waals surface area contributed by atoms with Crippen LogP contribution in [0.25, 0.3) is 11.3 Å². The van der Waals surface area contributed by atoms with E-state index in [0.29, 0.717) is 35.5 Å². The summed E-state index contributed by atoms with van der Waals surface area (Å²) < 4.78 is 19.4. The number of rotatable bonds is 2. The molecular formula is C19H13FN2O4. The summed E-state index contributed by atoms with van der Waals surface area (Å²) in [7, 11) is 0. The summed E-state index contributed by atoms with van der Waals surface area (Å²) in [4.78, 5) is 24.7. The van der Waals surface area contributed by atoms with Crippen molar-refractivity contribution in [2.75, 3.05) is 11.4 Å². The largest absolute Gasteiger partial charge is 0.464 e. The molecular weight excluding hydrogens is 339 g/mol. The first-order chi connectivity index (χ1) is 12.5. The third-order valence-electron chi connectivity index (χ3n) is 4.42. The second kappa shape index (κ2) is 6.11. The Hall–Kier alpha value is -3.48. The highest BCUT2D eigenvalue weighted by atomic mass is 19.1. The topological polar surface area (TPSA) is 76.6 Å². The molecule has 0 fully saturated rings. The number of nitro groups is 1. The fourth-order valence-electron chi connectivity index (χ4n) is 3.13. The van der Waals surface area contributed by atoms with Gasteiger partial charge in [0, 0.05) is 35.4 Å². The second-order valence-corrected chi connectivity index (χ2v) is 5.95. The smallest absolute Gasteiger partial charge is 0.269 e. The summed E-state index contributed by atoms with van der Waals surface area (Å²) in [5.41, 5.74) is 2.20. The van der Waals surface area contributed by atoms with Crippen LogP contribution in [0.1, 0.15) is 15.9 Å². The van der Waals surface area contributed by atoms with Crippen molar-refractivity contribution in [2.45, 2.75) is 6.42 Å². The molecule has 0 saturated carbocycles. The number of carbonyl (C=O) groups is 1. The van der Waals surface area contributed by atoms with Crippen molar-refractivity contribution in [3.8, 4) is 11.3 Å². The predicted molar refractivity (Wildman–Crippen MR) is 92.6 cm³/mol. The average molecular weight is 352 g/mol. The normalized spacial score (nSPS) is 12.9. The SMILES string of the molecule is O=C(c1ccc([N+](=O)[O-])cc1)N1CCc2ccoc2-c2ccc(F)cc21. The fourth-order valence-corrected chi connectivity index (χ4v) is 3.13. The van der Waals surface area contributed by atoms with Crippen molar-refractivity contribution in [1.29, 1.82) is 0 Å². The minimum absolute atomic E-state index is 0.0944. The first-order valence-electron chi connectivity index (χ1n) is 7.97. The number of anilines is 1. The number of hydrogen-bond donors (Lipinski definition) is 0. The van der Waals surface area contributed by atoms with Gasteiger partial charge in [0.2, 0.25) is 0 Å². The highest BCUT2D eigenvalue weighted by Gasteiger charge is 2.27. The Morgan fingerprint density at radius 2 is 1.92 bits per heavy atom. The molecule has 0 unspecified atom stereocenters. The van der Waals surface area contributed by atoms with E-state index in [1.165, 1.54) is 41.3 Å². The Morgan fingerprint density at radius 1 is 1.15 bits per heavy atom. The summed E-state index contributed by atoms with van der Waals surface area (Å²) in [6.07, 6.45) is 2.13. The molecule has 1 aromatic heterocycles. The van der Waals surface area contributed by atoms with Crippen LogP contribution in [-0.2, 0) is 6.42 Å². The number of carbonyl (C=O) groups excluding carboxylic acids is 1. The Labute approximate surface area is 147 Å². The van der Waals surface area contributed by atoms with Gasteiger partial charge in [-0.05, 0) is 42.8 Å². The number of nitro benzene ring substituents is 1. The Morgan fingerprint density at radius 3 is 2.65 bits per heavy atom. The molecule has 6 nitrogen and oxygen atoms in total. The van der Waals surface area contributed by atoms with Crippen LogP contribution in [0.2, 0.25) is 0 Å². The number of furan rings is 1. The minimum Gasteiger partial charge on any atom is -0.464 e. The van der Waals surface area contributed by atoms with Gasteiger partial charge in [0.1, 0.15) is 11.6 Å². The lowest BCUT2D eigenvalue weighted by atomic mass is 10.1. The molecule has 0 spiro atoms. The Bertz CT molecular complexity index is 1010. The van der Waals surface area contributed by atoms with Gasteiger partial charge < -0.3 is 9.32 Å². The van der Waals surface area contributed by atoms with Crippen molar-refractivity contribution in [2.24, 2.45) is 0 Å². The standard InChI is InChI=1S/C19H13FN2O4/c20-14-3-6-16-17(11-14)21(9-7-12-8-10-26-18(12)16)19(23)13-1-4-15(5-2-13)22(24)25/h1-6,8,10-11H,7,9H2. The van der Waals surface area contributed by atoms with Gasteiger partial charge in [0.25, 0.3) is 11.6 Å². The van der Waals surface area contributed by atoms with E-state index in [1.807, 2.05) is 6.07 Å². The number of benzene rings is 2. The second-order valence-electron chi connectivity index (χ2n) is 5.95. The highest BCUT2D eigenvalue weighted by molar-refractivity contribution is 6.08. The third kappa shape index (κ3) is 2.63. The molecule has 26 heavy (non-hydrogen) atoms. The van der Waals surface area contributed by atoms with Gasteiger partial charge >= 0.3 is 0 Å². The van der Waals surface area contributed by atoms with Gasteiger partial charge in [0.15, 0.2) is 0 Å². The molecule has 2 aromatic carbocycles. The average Bonchev–Trinajstić information content (AvgIpc) is 3.05. The molecule has 0 radical (unpaired) electrons. The van der Waals surface area contributed by atoms with Crippen LogP contribution < -0.4 is 4.90 Å². The monoisotopic (exact) mass is 352 g/mol. The summed E-state index contributed by atoms with van der Waals surface area (Å²) >= 11 is 0. The fraction of sp³-hybridized carbons (Fsp3) is 0.105. The number of halogens is 1. The van der Waals surface area contributed by atoms with Crippen LogP contribution in [0.15, 0.2) is 59.2 Å². The van der Waals surface area contributed by atoms with E-state index in [0.717, 1.165) is 5.56 Å². The molecule has 0 N–H and O–H groups in total. The number of nitrogens with zero attached hydrogens (tertiary/aromatic N) is 2. The molecule has 3 aromatic rings. The number of amides is 1. The molecule has 0 atom stereocenters. The zero-order valence-corrected chi connectivity index (χ0v) is 13.5. The molecule has 7 heteroatoms. The van der Waals surface area contributed by atoms with Crippen molar-refractivity contribution in [1.82, 2.24) is 0 Å². The minimum atomic E-state index is -0.525. The summed E-state index contributed by atoms with van der Waals surface area (Å²) in [5, 5.41) is 10.8. The summed E-state index contributed by atoms with van der Waals surface area (Å²) in [6, 6.07) is 11.4. The van der Waals surface area contributed by atoms with E-state index in [4.69, 9.17) is 4.42 Å². The van der Waals surface area contributed by atoms with Crippen LogP contribution in [0.3, 0.4) is 0 Å². The van der Waals surface area contributed by atoms with Gasteiger partial charge in [-0.25, -0.2) is 4.39 Å². The molecule has 1 aliphatic heterocycles. The van der Waals surface area contributed by atoms with Crippen LogP contribution >= 0.6 is 0 Å². The van der Waals surface area contributed by atoms with Crippen molar-refractivity contribution in [3.05, 3.63) is 81.9 Å². The van der Waals surface area contributed by atoms with E-state index in [2.05, 4.69) is 0 Å². The molecule has 4 rings (SSSR count). The Kier molecular flexibility index (Phi) is 3.76. The Balaban J connectivity index is 1.77. The molecule has 0 aliphatic carbocycles. The van der Waals surface area contributed by atoms with Gasteiger partial charge in [-0.2, -0.15) is 0 Å². The molecule has 0 bridgehead atoms. The summed E-state index contributed by atoms with van der Waals surface area (Å²) in [5.74, 6) is -0.184. The van der Waals surface area contributed by atoms with E-state index in [9.17, 15) is 19.3 Å². The maximum atomic E-state index is 13.9. The van der Waals surface area contributed by atoms with Crippen LogP contribution in [-0.4, -0.2) is 17.4 Å². The first-order valence-corrected chi connectivity index (χ1v) is 7.97. The summed E-state index contributed by atoms with van der Waals surface area (Å²) in [6.45, 7) is 0.346. The number of fused-ring (bicyclic) bond motifs is 3. The molecule has 0 saturated heterocycles. The van der Waals surface area contributed by atoms with Gasteiger partial charge in [-0.1, -0.05) is 0 Å². The predicted octanol–water partition coefficient (Wildman–Crippen LogP) is 4.20. The van der Waals surface area contributed by atoms with Crippen LogP contribution in [0.5, 0.6) is 0 Å². The van der Waals surface area contributed by atoms with E-state index in [1.54, 1.807) is 12.3 Å². The number of non-ortho nitro benzene ring substituents is 1. The molecule has 1 aliphatic rings. The maximum Gasteiger partial charge on any atom is 0.269 e. The quantitative estimate of drug-likeness (QED) is 0.512. The van der Waals surface area contributed by atoms with Gasteiger partial charge in [-0.15, -0.1) is 0 Å². The maximum absolute atomic E-state index is 13.9. The lowest BCUT2D eigenvalue weighted by molar-refractivity contribution is -0.384. The third-order valence-corrected chi connectivity index (χ3v) is 4.42. The number of hydrogen-bond acceptors (Lipinski definition) is 4. The van der Waals surface area contributed by atoms with E-state index in [-0.39, 0.29) is 11.6 Å². The van der Waals surface area contributed by atoms with Crippen LogP contribution in [0, 0.1) is 15.9 Å². The molecule has 2 heterocycles. The van der Waals surface area contributed by atoms with Gasteiger partial charge in [0.05, 0.1) is 16.9 Å². The highest BCUT2D eigenvalue weighted by Crippen LogP contribution is 2.38. The lowest BCUT2D eigenvalue weighted by Gasteiger charge is -2.23. The van der Waals surface area contributed by atoms with Crippen molar-refractivity contribution < 1.29 is 18.5 Å². The lowest BCUT2D eigenvalue weighted by Crippen LogP contribution is -2.32. The van der Waals surface area contributed by atoms with Crippen molar-refractivity contribution in [3.63, 3.8) is 0 Å². The zero-order chi connectivity index (χ0) is 18.3. The van der Waals surface area contributed by atoms with Crippen molar-refractivity contribution >= 4 is 17.3 Å². The zero-order valence-electron chi connectivity index (χ0n) is 13.5. The van der Waals surface area contributed by atoms with E-state index >= 15 is 0 Å².